The molecule has 1 amide bonds. The molecular weight excluding hydrogens is 374 g/mol. The lowest BCUT2D eigenvalue weighted by Gasteiger charge is -2.26. The highest BCUT2D eigenvalue weighted by Crippen LogP contribution is 2.11. The third-order valence-corrected chi connectivity index (χ3v) is 6.13. The van der Waals surface area contributed by atoms with Crippen LogP contribution in [0.3, 0.4) is 0 Å². The number of amides is 1. The van der Waals surface area contributed by atoms with Gasteiger partial charge in [-0.15, -0.1) is 0 Å². The fourth-order valence-corrected chi connectivity index (χ4v) is 4.18. The first-order valence-corrected chi connectivity index (χ1v) is 11.4. The molecule has 1 aromatic carbocycles. The topological polar surface area (TPSA) is 45.5 Å². The summed E-state index contributed by atoms with van der Waals surface area (Å²) in [6.07, 6.45) is 7.67. The lowest BCUT2D eigenvalue weighted by molar-refractivity contribution is 0.0742. The van der Waals surface area contributed by atoms with E-state index in [4.69, 9.17) is 0 Å². The largest absolute Gasteiger partial charge is 0.337 e. The molecule has 0 N–H and O–H groups in total. The summed E-state index contributed by atoms with van der Waals surface area (Å²) in [5, 5.41) is 0. The second kappa shape index (κ2) is 11.1. The van der Waals surface area contributed by atoms with Gasteiger partial charge < -0.3 is 14.4 Å². The fourth-order valence-electron chi connectivity index (χ4n) is 4.18. The molecule has 1 saturated heterocycles. The molecule has 0 unspecified atom stereocenters. The molecule has 162 valence electrons. The standard InChI is InChI=1S/C25H35N3O2/c1-3-27(20-19-26-15-9-4-5-10-16-26)24(29)23-21(2)13-17-28(25(23)30)18-14-22-11-7-6-8-12-22/h6-8,11-13,17H,3-5,9-10,14-16,18-20H2,1-2H3. The second-order valence-corrected chi connectivity index (χ2v) is 8.25. The first-order valence-electron chi connectivity index (χ1n) is 11.4. The van der Waals surface area contributed by atoms with E-state index in [1.165, 1.54) is 31.2 Å². The van der Waals surface area contributed by atoms with Crippen LogP contribution in [0.15, 0.2) is 47.4 Å². The third-order valence-electron chi connectivity index (χ3n) is 6.13. The Kier molecular flexibility index (Phi) is 8.26. The number of rotatable bonds is 8. The molecule has 1 aliphatic rings. The van der Waals surface area contributed by atoms with Gasteiger partial charge >= 0.3 is 0 Å². The summed E-state index contributed by atoms with van der Waals surface area (Å²) in [4.78, 5) is 30.7. The van der Waals surface area contributed by atoms with E-state index in [9.17, 15) is 9.59 Å². The maximum absolute atomic E-state index is 13.3. The maximum Gasteiger partial charge on any atom is 0.263 e. The highest BCUT2D eigenvalue weighted by atomic mass is 16.2. The van der Waals surface area contributed by atoms with E-state index in [-0.39, 0.29) is 11.5 Å². The summed E-state index contributed by atoms with van der Waals surface area (Å²) < 4.78 is 1.68. The van der Waals surface area contributed by atoms with Crippen molar-refractivity contribution in [2.45, 2.75) is 52.5 Å². The van der Waals surface area contributed by atoms with Crippen molar-refractivity contribution in [3.8, 4) is 0 Å². The van der Waals surface area contributed by atoms with Crippen molar-refractivity contribution < 1.29 is 4.79 Å². The number of benzene rings is 1. The number of nitrogens with zero attached hydrogens (tertiary/aromatic N) is 3. The van der Waals surface area contributed by atoms with Gasteiger partial charge in [0.2, 0.25) is 0 Å². The molecule has 0 radical (unpaired) electrons. The van der Waals surface area contributed by atoms with Crippen LogP contribution in [0.25, 0.3) is 0 Å². The zero-order chi connectivity index (χ0) is 21.3. The Morgan fingerprint density at radius 3 is 2.37 bits per heavy atom. The molecule has 1 aromatic heterocycles. The van der Waals surface area contributed by atoms with Gasteiger partial charge in [-0.2, -0.15) is 0 Å². The number of hydrogen-bond donors (Lipinski definition) is 0. The Labute approximate surface area is 180 Å². The highest BCUT2D eigenvalue weighted by Gasteiger charge is 2.22. The zero-order valence-electron chi connectivity index (χ0n) is 18.5. The van der Waals surface area contributed by atoms with Crippen LogP contribution in [0.2, 0.25) is 0 Å². The summed E-state index contributed by atoms with van der Waals surface area (Å²) in [6.45, 7) is 8.82. The highest BCUT2D eigenvalue weighted by molar-refractivity contribution is 5.95. The monoisotopic (exact) mass is 409 g/mol. The van der Waals surface area contributed by atoms with Crippen molar-refractivity contribution in [2.75, 3.05) is 32.7 Å². The van der Waals surface area contributed by atoms with Crippen LogP contribution in [0.1, 0.15) is 54.1 Å². The number of carbonyl (C=O) groups excluding carboxylic acids is 1. The van der Waals surface area contributed by atoms with E-state index in [0.29, 0.717) is 25.2 Å². The van der Waals surface area contributed by atoms with Gasteiger partial charge in [0.15, 0.2) is 0 Å². The number of carbonyl (C=O) groups is 1. The Hall–Kier alpha value is -2.40. The molecular formula is C25H35N3O2. The molecule has 0 atom stereocenters. The average molecular weight is 410 g/mol. The van der Waals surface area contributed by atoms with Crippen LogP contribution in [0.4, 0.5) is 0 Å². The van der Waals surface area contributed by atoms with Crippen molar-refractivity contribution >= 4 is 5.91 Å². The molecule has 30 heavy (non-hydrogen) atoms. The third kappa shape index (κ3) is 5.82. The molecule has 5 heteroatoms. The van der Waals surface area contributed by atoms with E-state index in [1.807, 2.05) is 49.2 Å². The van der Waals surface area contributed by atoms with E-state index in [2.05, 4.69) is 17.0 Å². The van der Waals surface area contributed by atoms with E-state index in [0.717, 1.165) is 31.6 Å². The first-order chi connectivity index (χ1) is 14.6. The quantitative estimate of drug-likeness (QED) is 0.667. The number of aryl methyl sites for hydroxylation is 3. The molecule has 0 spiro atoms. The van der Waals surface area contributed by atoms with E-state index >= 15 is 0 Å². The van der Waals surface area contributed by atoms with Crippen molar-refractivity contribution in [2.24, 2.45) is 0 Å². The summed E-state index contributed by atoms with van der Waals surface area (Å²) in [6, 6.07) is 12.0. The van der Waals surface area contributed by atoms with Gasteiger partial charge in [0.1, 0.15) is 5.56 Å². The van der Waals surface area contributed by atoms with E-state index in [1.54, 1.807) is 4.57 Å². The number of aromatic nitrogens is 1. The normalized spacial score (nSPS) is 15.0. The van der Waals surface area contributed by atoms with E-state index < -0.39 is 0 Å². The van der Waals surface area contributed by atoms with Crippen LogP contribution in [-0.4, -0.2) is 53.0 Å². The summed E-state index contributed by atoms with van der Waals surface area (Å²) in [5.41, 5.74) is 2.09. The molecule has 2 aromatic rings. The maximum atomic E-state index is 13.3. The lowest BCUT2D eigenvalue weighted by Crippen LogP contribution is -2.42. The smallest absolute Gasteiger partial charge is 0.263 e. The van der Waals surface area contributed by atoms with Gasteiger partial charge in [0, 0.05) is 32.4 Å². The van der Waals surface area contributed by atoms with Crippen LogP contribution in [0.5, 0.6) is 0 Å². The predicted octanol–water partition coefficient (Wildman–Crippen LogP) is 3.74. The number of likely N-dealkylation sites (tertiary alicyclic amines) is 1. The molecule has 0 aliphatic carbocycles. The Morgan fingerprint density at radius 1 is 1.00 bits per heavy atom. The Bertz CT molecular complexity index is 868. The lowest BCUT2D eigenvalue weighted by atomic mass is 10.1. The molecule has 1 aliphatic heterocycles. The van der Waals surface area contributed by atoms with Gasteiger partial charge in [-0.3, -0.25) is 9.59 Å². The van der Waals surface area contributed by atoms with Crippen LogP contribution in [0, 0.1) is 6.92 Å². The molecule has 3 rings (SSSR count). The van der Waals surface area contributed by atoms with Crippen LogP contribution >= 0.6 is 0 Å². The van der Waals surface area contributed by atoms with Crippen molar-refractivity contribution in [1.82, 2.24) is 14.4 Å². The molecule has 0 saturated carbocycles. The minimum atomic E-state index is -0.177. The minimum absolute atomic E-state index is 0.135. The number of likely N-dealkylation sites (N-methyl/N-ethyl adjacent to an activating group) is 1. The van der Waals surface area contributed by atoms with Gasteiger partial charge in [0.25, 0.3) is 11.5 Å². The Balaban J connectivity index is 1.70. The minimum Gasteiger partial charge on any atom is -0.337 e. The van der Waals surface area contributed by atoms with Gasteiger partial charge in [-0.25, -0.2) is 0 Å². The Morgan fingerprint density at radius 2 is 1.70 bits per heavy atom. The predicted molar refractivity (Wildman–Crippen MR) is 122 cm³/mol. The average Bonchev–Trinajstić information content (AvgIpc) is 3.03. The summed E-state index contributed by atoms with van der Waals surface area (Å²) in [7, 11) is 0. The SMILES string of the molecule is CCN(CCN1CCCCCC1)C(=O)c1c(C)ccn(CCc2ccccc2)c1=O. The second-order valence-electron chi connectivity index (χ2n) is 8.25. The van der Waals surface area contributed by atoms with Gasteiger partial charge in [-0.05, 0) is 63.4 Å². The molecule has 0 bridgehead atoms. The molecule has 1 fully saturated rings. The number of hydrogen-bond acceptors (Lipinski definition) is 3. The number of pyridine rings is 1. The fraction of sp³-hybridized carbons (Fsp3) is 0.520. The molecule has 5 nitrogen and oxygen atoms in total. The summed E-state index contributed by atoms with van der Waals surface area (Å²) >= 11 is 0. The van der Waals surface area contributed by atoms with Crippen molar-refractivity contribution in [1.29, 1.82) is 0 Å². The van der Waals surface area contributed by atoms with Crippen molar-refractivity contribution in [3.63, 3.8) is 0 Å². The van der Waals surface area contributed by atoms with Gasteiger partial charge in [0.05, 0.1) is 0 Å². The zero-order valence-corrected chi connectivity index (χ0v) is 18.5. The van der Waals surface area contributed by atoms with Crippen LogP contribution in [-0.2, 0) is 13.0 Å². The van der Waals surface area contributed by atoms with Crippen LogP contribution < -0.4 is 5.56 Å². The molecule has 2 heterocycles. The van der Waals surface area contributed by atoms with Crippen molar-refractivity contribution in [3.05, 3.63) is 69.6 Å². The first kappa shape index (κ1) is 22.3. The van der Waals surface area contributed by atoms with Gasteiger partial charge in [-0.1, -0.05) is 43.2 Å². The summed E-state index contributed by atoms with van der Waals surface area (Å²) in [5.74, 6) is -0.135.